The van der Waals surface area contributed by atoms with Gasteiger partial charge in [-0.1, -0.05) is 66.8 Å². The summed E-state index contributed by atoms with van der Waals surface area (Å²) in [6, 6.07) is 16.7. The van der Waals surface area contributed by atoms with Crippen molar-refractivity contribution in [3.63, 3.8) is 0 Å². The van der Waals surface area contributed by atoms with Gasteiger partial charge in [0.2, 0.25) is 0 Å². The molecule has 2 rings (SSSR count). The Hall–Kier alpha value is -1.63. The molecular weight excluding hydrogens is 360 g/mol. The van der Waals surface area contributed by atoms with Crippen molar-refractivity contribution in [2.75, 3.05) is 5.75 Å². The summed E-state index contributed by atoms with van der Waals surface area (Å²) in [5, 5.41) is 8.60. The van der Waals surface area contributed by atoms with Crippen molar-refractivity contribution >= 4 is 51.0 Å². The standard InChI is InChI=1S/C18H16O3S3/c19-16(20)10-11-23-18(22)24-12-13-6-8-15(9-7-13)17(21)14-4-2-1-3-5-14/h1-9H,10-12H2,(H,19,20). The van der Waals surface area contributed by atoms with E-state index in [-0.39, 0.29) is 12.2 Å². The molecule has 0 aliphatic carbocycles. The van der Waals surface area contributed by atoms with E-state index in [1.54, 1.807) is 12.1 Å². The molecule has 0 saturated heterocycles. The van der Waals surface area contributed by atoms with Crippen molar-refractivity contribution in [3.05, 3.63) is 71.3 Å². The quantitative estimate of drug-likeness (QED) is 0.561. The second-order valence-corrected chi connectivity index (χ2v) is 8.20. The molecule has 0 atom stereocenters. The first kappa shape index (κ1) is 18.7. The van der Waals surface area contributed by atoms with Crippen LogP contribution in [0.1, 0.15) is 27.9 Å². The number of ketones is 1. The lowest BCUT2D eigenvalue weighted by Gasteiger charge is -2.05. The minimum atomic E-state index is -0.811. The predicted molar refractivity (Wildman–Crippen MR) is 105 cm³/mol. The van der Waals surface area contributed by atoms with E-state index in [1.807, 2.05) is 42.5 Å². The molecule has 0 aliphatic rings. The van der Waals surface area contributed by atoms with Crippen molar-refractivity contribution in [1.29, 1.82) is 0 Å². The van der Waals surface area contributed by atoms with Gasteiger partial charge in [0.1, 0.15) is 3.53 Å². The van der Waals surface area contributed by atoms with Gasteiger partial charge in [-0.05, 0) is 5.56 Å². The van der Waals surface area contributed by atoms with Crippen LogP contribution in [0.25, 0.3) is 0 Å². The summed E-state index contributed by atoms with van der Waals surface area (Å²) in [6.07, 6.45) is 0.113. The molecule has 2 aromatic rings. The molecule has 0 saturated carbocycles. The zero-order valence-corrected chi connectivity index (χ0v) is 15.3. The number of aliphatic carboxylic acids is 1. The number of carbonyl (C=O) groups excluding carboxylic acids is 1. The molecule has 6 heteroatoms. The lowest BCUT2D eigenvalue weighted by Crippen LogP contribution is -2.01. The Balaban J connectivity index is 1.85. The zero-order valence-electron chi connectivity index (χ0n) is 12.8. The molecule has 2 aromatic carbocycles. The van der Waals surface area contributed by atoms with Crippen molar-refractivity contribution in [3.8, 4) is 0 Å². The molecule has 0 amide bonds. The fourth-order valence-corrected chi connectivity index (χ4v) is 4.02. The number of thiocarbonyl (C=S) groups is 1. The van der Waals surface area contributed by atoms with Gasteiger partial charge >= 0.3 is 5.97 Å². The SMILES string of the molecule is O=C(O)CCSC(=S)SCc1ccc(C(=O)c2ccccc2)cc1. The van der Waals surface area contributed by atoms with Gasteiger partial charge in [-0.3, -0.25) is 9.59 Å². The topological polar surface area (TPSA) is 54.4 Å². The van der Waals surface area contributed by atoms with E-state index in [4.69, 9.17) is 17.3 Å². The Morgan fingerprint density at radius 1 is 0.917 bits per heavy atom. The fourth-order valence-electron chi connectivity index (χ4n) is 1.91. The highest BCUT2D eigenvalue weighted by molar-refractivity contribution is 8.46. The molecule has 0 unspecified atom stereocenters. The highest BCUT2D eigenvalue weighted by Gasteiger charge is 2.08. The van der Waals surface area contributed by atoms with Gasteiger partial charge < -0.3 is 5.11 Å². The van der Waals surface area contributed by atoms with E-state index in [9.17, 15) is 9.59 Å². The smallest absolute Gasteiger partial charge is 0.304 e. The average Bonchev–Trinajstić information content (AvgIpc) is 2.60. The molecule has 0 aromatic heterocycles. The maximum atomic E-state index is 12.3. The molecular formula is C18H16O3S3. The molecule has 3 nitrogen and oxygen atoms in total. The summed E-state index contributed by atoms with van der Waals surface area (Å²) >= 11 is 8.11. The van der Waals surface area contributed by atoms with Crippen LogP contribution in [0.4, 0.5) is 0 Å². The van der Waals surface area contributed by atoms with Gasteiger partial charge in [0.15, 0.2) is 5.78 Å². The Bertz CT molecular complexity index is 712. The molecule has 1 N–H and O–H groups in total. The van der Waals surface area contributed by atoms with Crippen LogP contribution in [0.2, 0.25) is 0 Å². The summed E-state index contributed by atoms with van der Waals surface area (Å²) in [4.78, 5) is 22.8. The highest BCUT2D eigenvalue weighted by Crippen LogP contribution is 2.23. The third-order valence-corrected chi connectivity index (χ3v) is 5.92. The Kier molecular flexibility index (Phi) is 7.49. The number of carboxylic acids is 1. The van der Waals surface area contributed by atoms with Gasteiger partial charge in [0.05, 0.1) is 6.42 Å². The van der Waals surface area contributed by atoms with E-state index < -0.39 is 5.97 Å². The lowest BCUT2D eigenvalue weighted by molar-refractivity contribution is -0.136. The van der Waals surface area contributed by atoms with Crippen molar-refractivity contribution < 1.29 is 14.7 Å². The van der Waals surface area contributed by atoms with Gasteiger partial charge in [-0.15, -0.1) is 23.5 Å². The van der Waals surface area contributed by atoms with Gasteiger partial charge in [-0.2, -0.15) is 0 Å². The maximum absolute atomic E-state index is 12.3. The molecule has 0 heterocycles. The van der Waals surface area contributed by atoms with E-state index >= 15 is 0 Å². The maximum Gasteiger partial charge on any atom is 0.304 e. The minimum absolute atomic E-state index is 0.00884. The summed E-state index contributed by atoms with van der Waals surface area (Å²) in [7, 11) is 0. The van der Waals surface area contributed by atoms with Crippen molar-refractivity contribution in [2.24, 2.45) is 0 Å². The normalized spacial score (nSPS) is 10.3. The van der Waals surface area contributed by atoms with Crippen LogP contribution in [-0.4, -0.2) is 26.1 Å². The summed E-state index contributed by atoms with van der Waals surface area (Å²) in [5.41, 5.74) is 2.41. The Labute approximate surface area is 154 Å². The monoisotopic (exact) mass is 376 g/mol. The minimum Gasteiger partial charge on any atom is -0.481 e. The zero-order chi connectivity index (χ0) is 17.4. The summed E-state index contributed by atoms with van der Waals surface area (Å²) in [5.74, 6) is 0.397. The number of carbonyl (C=O) groups is 2. The first-order chi connectivity index (χ1) is 11.6. The number of hydrogen-bond donors (Lipinski definition) is 1. The number of thioether (sulfide) groups is 2. The number of rotatable bonds is 7. The van der Waals surface area contributed by atoms with Crippen LogP contribution in [0.3, 0.4) is 0 Å². The summed E-state index contributed by atoms with van der Waals surface area (Å²) < 4.78 is 0.737. The second kappa shape index (κ2) is 9.61. The fraction of sp³-hybridized carbons (Fsp3) is 0.167. The molecule has 0 aliphatic heterocycles. The average molecular weight is 377 g/mol. The third kappa shape index (κ3) is 6.11. The van der Waals surface area contributed by atoms with Crippen LogP contribution in [0.5, 0.6) is 0 Å². The van der Waals surface area contributed by atoms with Crippen LogP contribution in [-0.2, 0) is 10.5 Å². The van der Waals surface area contributed by atoms with Gasteiger partial charge in [0, 0.05) is 22.6 Å². The number of hydrogen-bond acceptors (Lipinski definition) is 5. The van der Waals surface area contributed by atoms with Gasteiger partial charge in [-0.25, -0.2) is 0 Å². The third-order valence-electron chi connectivity index (χ3n) is 3.14. The van der Waals surface area contributed by atoms with E-state index in [2.05, 4.69) is 0 Å². The number of benzene rings is 2. The molecule has 124 valence electrons. The summed E-state index contributed by atoms with van der Waals surface area (Å²) in [6.45, 7) is 0. The first-order valence-electron chi connectivity index (χ1n) is 7.26. The van der Waals surface area contributed by atoms with Crippen LogP contribution >= 0.6 is 35.7 Å². The molecule has 0 spiro atoms. The second-order valence-electron chi connectivity index (χ2n) is 4.92. The van der Waals surface area contributed by atoms with E-state index in [0.717, 1.165) is 9.09 Å². The first-order valence-corrected chi connectivity index (χ1v) is 9.64. The molecule has 0 radical (unpaired) electrons. The number of carboxylic acid groups (broad SMARTS) is 1. The van der Waals surface area contributed by atoms with Crippen LogP contribution in [0, 0.1) is 0 Å². The predicted octanol–water partition coefficient (Wildman–Crippen LogP) is 4.64. The van der Waals surface area contributed by atoms with E-state index in [0.29, 0.717) is 22.6 Å². The molecule has 0 fully saturated rings. The molecule has 0 bridgehead atoms. The van der Waals surface area contributed by atoms with Crippen molar-refractivity contribution in [1.82, 2.24) is 0 Å². The van der Waals surface area contributed by atoms with Crippen LogP contribution < -0.4 is 0 Å². The molecule has 24 heavy (non-hydrogen) atoms. The van der Waals surface area contributed by atoms with Gasteiger partial charge in [0.25, 0.3) is 0 Å². The van der Waals surface area contributed by atoms with E-state index in [1.165, 1.54) is 23.5 Å². The largest absolute Gasteiger partial charge is 0.481 e. The Morgan fingerprint density at radius 3 is 2.17 bits per heavy atom. The van der Waals surface area contributed by atoms with Crippen molar-refractivity contribution in [2.45, 2.75) is 12.2 Å². The Morgan fingerprint density at radius 2 is 1.54 bits per heavy atom. The lowest BCUT2D eigenvalue weighted by atomic mass is 10.0. The van der Waals surface area contributed by atoms with Crippen LogP contribution in [0.15, 0.2) is 54.6 Å². The highest BCUT2D eigenvalue weighted by atomic mass is 32.2.